The number of aromatic amines is 1. The van der Waals surface area contributed by atoms with Crippen LogP contribution in [-0.2, 0) is 13.0 Å². The molecule has 0 unspecified atom stereocenters. The summed E-state index contributed by atoms with van der Waals surface area (Å²) in [5.74, 6) is 1.45. The first-order chi connectivity index (χ1) is 12.8. The van der Waals surface area contributed by atoms with E-state index >= 15 is 0 Å². The topological polar surface area (TPSA) is 55.7 Å². The van der Waals surface area contributed by atoms with Crippen LogP contribution >= 0.6 is 12.2 Å². The Morgan fingerprint density at radius 1 is 1.08 bits per heavy atom. The van der Waals surface area contributed by atoms with Gasteiger partial charge >= 0.3 is 0 Å². The number of aryl methyl sites for hydroxylation is 1. The van der Waals surface area contributed by atoms with Crippen LogP contribution in [0, 0.1) is 4.77 Å². The van der Waals surface area contributed by atoms with Crippen LogP contribution in [0.4, 0.5) is 0 Å². The van der Waals surface area contributed by atoms with Crippen LogP contribution in [0.3, 0.4) is 0 Å². The summed E-state index contributed by atoms with van der Waals surface area (Å²) in [4.78, 5) is 4.43. The molecular weight excluding hydrogens is 344 g/mol. The molecule has 4 rings (SSSR count). The van der Waals surface area contributed by atoms with Crippen molar-refractivity contribution in [1.29, 1.82) is 0 Å². The molecule has 0 bridgehead atoms. The molecule has 2 aromatic heterocycles. The van der Waals surface area contributed by atoms with E-state index in [1.807, 2.05) is 53.1 Å². The second-order valence-electron chi connectivity index (χ2n) is 5.88. The Labute approximate surface area is 156 Å². The summed E-state index contributed by atoms with van der Waals surface area (Å²) < 4.78 is 8.54. The lowest BCUT2D eigenvalue weighted by molar-refractivity contribution is 0.296. The number of ether oxygens (including phenoxy) is 1. The molecule has 0 atom stereocenters. The van der Waals surface area contributed by atoms with Crippen molar-refractivity contribution in [2.75, 3.05) is 0 Å². The minimum absolute atomic E-state index is 0.293. The van der Waals surface area contributed by atoms with Crippen LogP contribution in [0.15, 0.2) is 60.8 Å². The first-order valence-corrected chi connectivity index (χ1v) is 8.90. The normalized spacial score (nSPS) is 11.0. The van der Waals surface area contributed by atoms with E-state index < -0.39 is 0 Å². The maximum absolute atomic E-state index is 6.04. The summed E-state index contributed by atoms with van der Waals surface area (Å²) in [7, 11) is 0. The number of nitrogens with one attached hydrogen (secondary N) is 1. The predicted octanol–water partition coefficient (Wildman–Crippen LogP) is 4.62. The van der Waals surface area contributed by atoms with Gasteiger partial charge in [0.1, 0.15) is 17.9 Å². The van der Waals surface area contributed by atoms with Crippen LogP contribution in [0.5, 0.6) is 5.75 Å². The molecule has 2 aromatic carbocycles. The number of H-pyrrole nitrogens is 1. The minimum atomic E-state index is 0.293. The molecule has 1 N–H and O–H groups in total. The molecule has 0 aliphatic heterocycles. The van der Waals surface area contributed by atoms with Crippen molar-refractivity contribution in [3.8, 4) is 11.4 Å². The van der Waals surface area contributed by atoms with Crippen LogP contribution in [0.1, 0.15) is 18.3 Å². The fourth-order valence-electron chi connectivity index (χ4n) is 3.04. The van der Waals surface area contributed by atoms with Crippen LogP contribution < -0.4 is 4.74 Å². The first-order valence-electron chi connectivity index (χ1n) is 8.49. The Morgan fingerprint density at radius 3 is 2.81 bits per heavy atom. The third-order valence-corrected chi connectivity index (χ3v) is 4.58. The van der Waals surface area contributed by atoms with Gasteiger partial charge in [0.2, 0.25) is 0 Å². The van der Waals surface area contributed by atoms with Crippen LogP contribution in [0.2, 0.25) is 0 Å². The molecule has 0 aliphatic rings. The highest BCUT2D eigenvalue weighted by atomic mass is 32.1. The number of hydrogen-bond acceptors (Lipinski definition) is 4. The molecule has 0 radical (unpaired) electrons. The summed E-state index contributed by atoms with van der Waals surface area (Å²) in [5.41, 5.74) is 3.08. The van der Waals surface area contributed by atoms with E-state index in [9.17, 15) is 0 Å². The van der Waals surface area contributed by atoms with Crippen molar-refractivity contribution in [1.82, 2.24) is 19.7 Å². The molecule has 0 saturated carbocycles. The van der Waals surface area contributed by atoms with E-state index in [2.05, 4.69) is 28.2 Å². The number of fused-ring (bicyclic) bond motifs is 1. The van der Waals surface area contributed by atoms with E-state index in [-0.39, 0.29) is 0 Å². The minimum Gasteiger partial charge on any atom is -0.483 e. The molecule has 0 saturated heterocycles. The van der Waals surface area contributed by atoms with Crippen LogP contribution in [-0.4, -0.2) is 19.7 Å². The zero-order valence-corrected chi connectivity index (χ0v) is 15.2. The smallest absolute Gasteiger partial charge is 0.199 e. The molecule has 26 heavy (non-hydrogen) atoms. The van der Waals surface area contributed by atoms with Gasteiger partial charge in [0.05, 0.1) is 5.69 Å². The summed E-state index contributed by atoms with van der Waals surface area (Å²) in [6.07, 6.45) is 2.68. The SMILES string of the molecule is CCc1ccccc1-n1c(COc2cccc3cccnc23)n[nH]c1=S. The van der Waals surface area contributed by atoms with E-state index in [1.54, 1.807) is 6.20 Å². The molecule has 130 valence electrons. The third-order valence-electron chi connectivity index (χ3n) is 4.31. The van der Waals surface area contributed by atoms with Gasteiger partial charge in [-0.2, -0.15) is 5.10 Å². The maximum atomic E-state index is 6.04. The van der Waals surface area contributed by atoms with Crippen molar-refractivity contribution in [3.63, 3.8) is 0 Å². The Balaban J connectivity index is 1.69. The average Bonchev–Trinajstić information content (AvgIpc) is 3.06. The lowest BCUT2D eigenvalue weighted by Gasteiger charge is -2.12. The molecule has 4 aromatic rings. The van der Waals surface area contributed by atoms with E-state index in [0.717, 1.165) is 34.6 Å². The van der Waals surface area contributed by atoms with Crippen molar-refractivity contribution >= 4 is 23.1 Å². The fraction of sp³-hybridized carbons (Fsp3) is 0.150. The maximum Gasteiger partial charge on any atom is 0.199 e. The Morgan fingerprint density at radius 2 is 1.92 bits per heavy atom. The number of pyridine rings is 1. The van der Waals surface area contributed by atoms with Crippen molar-refractivity contribution in [3.05, 3.63) is 77.0 Å². The van der Waals surface area contributed by atoms with Gasteiger partial charge < -0.3 is 4.74 Å². The van der Waals surface area contributed by atoms with Crippen molar-refractivity contribution < 1.29 is 4.74 Å². The van der Waals surface area contributed by atoms with Gasteiger partial charge in [0.15, 0.2) is 10.6 Å². The number of hydrogen-bond donors (Lipinski definition) is 1. The summed E-state index contributed by atoms with van der Waals surface area (Å²) in [6.45, 7) is 2.42. The molecular formula is C20H18N4OS. The molecule has 0 amide bonds. The lowest BCUT2D eigenvalue weighted by atomic mass is 10.1. The fourth-order valence-corrected chi connectivity index (χ4v) is 3.29. The highest BCUT2D eigenvalue weighted by Gasteiger charge is 2.12. The number of benzene rings is 2. The van der Waals surface area contributed by atoms with Crippen molar-refractivity contribution in [2.24, 2.45) is 0 Å². The number of nitrogens with zero attached hydrogens (tertiary/aromatic N) is 3. The van der Waals surface area contributed by atoms with Gasteiger partial charge in [-0.3, -0.25) is 14.6 Å². The highest BCUT2D eigenvalue weighted by molar-refractivity contribution is 7.71. The molecule has 2 heterocycles. The molecule has 5 nitrogen and oxygen atoms in total. The predicted molar refractivity (Wildman–Crippen MR) is 104 cm³/mol. The summed E-state index contributed by atoms with van der Waals surface area (Å²) in [5, 5.41) is 8.29. The monoisotopic (exact) mass is 362 g/mol. The van der Waals surface area contributed by atoms with Gasteiger partial charge in [-0.25, -0.2) is 0 Å². The standard InChI is InChI=1S/C20H18N4OS/c1-2-14-7-3-4-10-16(14)24-18(22-23-20(24)26)13-25-17-11-5-8-15-9-6-12-21-19(15)17/h3-12H,2,13H2,1H3,(H,23,26). The second kappa shape index (κ2) is 7.09. The van der Waals surface area contributed by atoms with Gasteiger partial charge in [-0.05, 0) is 42.4 Å². The summed E-state index contributed by atoms with van der Waals surface area (Å²) in [6, 6.07) is 18.0. The Bertz CT molecular complexity index is 1110. The largest absolute Gasteiger partial charge is 0.483 e. The highest BCUT2D eigenvalue weighted by Crippen LogP contribution is 2.24. The zero-order chi connectivity index (χ0) is 17.9. The number of rotatable bonds is 5. The van der Waals surface area contributed by atoms with Gasteiger partial charge in [0.25, 0.3) is 0 Å². The Hall–Kier alpha value is -2.99. The summed E-state index contributed by atoms with van der Waals surface area (Å²) >= 11 is 5.45. The van der Waals surface area contributed by atoms with E-state index in [0.29, 0.717) is 11.4 Å². The number of para-hydroxylation sites is 2. The second-order valence-corrected chi connectivity index (χ2v) is 6.27. The average molecular weight is 362 g/mol. The quantitative estimate of drug-likeness (QED) is 0.526. The Kier molecular flexibility index (Phi) is 4.50. The van der Waals surface area contributed by atoms with E-state index in [1.165, 1.54) is 5.56 Å². The third kappa shape index (κ3) is 2.99. The lowest BCUT2D eigenvalue weighted by Crippen LogP contribution is -2.08. The first kappa shape index (κ1) is 16.5. The van der Waals surface area contributed by atoms with Crippen molar-refractivity contribution in [2.45, 2.75) is 20.0 Å². The van der Waals surface area contributed by atoms with Gasteiger partial charge in [-0.15, -0.1) is 0 Å². The van der Waals surface area contributed by atoms with Crippen LogP contribution in [0.25, 0.3) is 16.6 Å². The van der Waals surface area contributed by atoms with Gasteiger partial charge in [-0.1, -0.05) is 43.3 Å². The number of aromatic nitrogens is 4. The van der Waals surface area contributed by atoms with Gasteiger partial charge in [0, 0.05) is 11.6 Å². The molecule has 6 heteroatoms. The molecule has 0 spiro atoms. The molecule has 0 aliphatic carbocycles. The zero-order valence-electron chi connectivity index (χ0n) is 14.3. The molecule has 0 fully saturated rings. The van der Waals surface area contributed by atoms with E-state index in [4.69, 9.17) is 17.0 Å².